The Morgan fingerprint density at radius 1 is 1.47 bits per heavy atom. The van der Waals surface area contributed by atoms with Gasteiger partial charge in [-0.3, -0.25) is 4.79 Å². The summed E-state index contributed by atoms with van der Waals surface area (Å²) in [6, 6.07) is 0.135. The summed E-state index contributed by atoms with van der Waals surface area (Å²) in [7, 11) is 1.92. The van der Waals surface area contributed by atoms with Crippen LogP contribution in [0.25, 0.3) is 0 Å². The lowest BCUT2D eigenvalue weighted by Gasteiger charge is -2.35. The largest absolute Gasteiger partial charge is 0.391 e. The van der Waals surface area contributed by atoms with Gasteiger partial charge in [-0.15, -0.1) is 0 Å². The predicted octanol–water partition coefficient (Wildman–Crippen LogP) is 0.851. The first-order valence-electron chi connectivity index (χ1n) is 5.33. The summed E-state index contributed by atoms with van der Waals surface area (Å²) in [5.41, 5.74) is 0. The van der Waals surface area contributed by atoms with Gasteiger partial charge in [0.1, 0.15) is 0 Å². The molecule has 1 fully saturated rings. The molecule has 0 bridgehead atoms. The fourth-order valence-corrected chi connectivity index (χ4v) is 2.99. The highest BCUT2D eigenvalue weighted by atomic mass is 32.2. The van der Waals surface area contributed by atoms with Crippen LogP contribution in [0.2, 0.25) is 0 Å². The second kappa shape index (κ2) is 4.53. The highest BCUT2D eigenvalue weighted by Crippen LogP contribution is 2.26. The fourth-order valence-electron chi connectivity index (χ4n) is 2.16. The number of carbonyl (C=O) groups is 1. The number of aliphatic hydroxyl groups is 1. The number of aliphatic hydroxyl groups excluding tert-OH is 1. The third kappa shape index (κ3) is 2.34. The summed E-state index contributed by atoms with van der Waals surface area (Å²) < 4.78 is 0. The topological polar surface area (TPSA) is 52.9 Å². The molecule has 4 nitrogen and oxygen atoms in total. The van der Waals surface area contributed by atoms with Crippen LogP contribution in [0.5, 0.6) is 0 Å². The van der Waals surface area contributed by atoms with Crippen molar-refractivity contribution in [3.05, 3.63) is 0 Å². The Kier molecular flexibility index (Phi) is 3.31. The van der Waals surface area contributed by atoms with E-state index in [4.69, 9.17) is 0 Å². The van der Waals surface area contributed by atoms with E-state index in [-0.39, 0.29) is 18.1 Å². The molecule has 0 spiro atoms. The van der Waals surface area contributed by atoms with Crippen molar-refractivity contribution in [2.45, 2.75) is 37.8 Å². The molecule has 1 amide bonds. The quantitative estimate of drug-likeness (QED) is 0.723. The molecule has 2 atom stereocenters. The van der Waals surface area contributed by atoms with E-state index in [0.717, 1.165) is 30.9 Å². The molecule has 0 aromatic rings. The van der Waals surface area contributed by atoms with Crippen molar-refractivity contribution in [1.82, 2.24) is 4.90 Å². The number of nitrogens with zero attached hydrogens (tertiary/aromatic N) is 2. The molecule has 1 aliphatic heterocycles. The minimum Gasteiger partial charge on any atom is -0.391 e. The van der Waals surface area contributed by atoms with Crippen LogP contribution < -0.4 is 0 Å². The van der Waals surface area contributed by atoms with Gasteiger partial charge in [-0.1, -0.05) is 24.6 Å². The molecule has 0 radical (unpaired) electrons. The standard InChI is InChI=1S/C10H16N2O2S/c1-12(10-11-9(14)6-15-10)7-4-2-3-5-8(7)13/h7-8,13H,2-6H2,1H3. The molecular formula is C10H16N2O2S. The SMILES string of the molecule is CN(C1=NC(=O)CS1)C1CCCCC1O. The molecule has 84 valence electrons. The first-order chi connectivity index (χ1) is 7.18. The van der Waals surface area contributed by atoms with Gasteiger partial charge in [-0.05, 0) is 12.8 Å². The van der Waals surface area contributed by atoms with Crippen molar-refractivity contribution in [2.75, 3.05) is 12.8 Å². The number of rotatable bonds is 1. The van der Waals surface area contributed by atoms with Crippen LogP contribution in [-0.2, 0) is 4.79 Å². The molecule has 1 aliphatic carbocycles. The second-order valence-corrected chi connectivity index (χ2v) is 5.05. The highest BCUT2D eigenvalue weighted by Gasteiger charge is 2.30. The third-order valence-electron chi connectivity index (χ3n) is 3.04. The van der Waals surface area contributed by atoms with Crippen LogP contribution in [0.4, 0.5) is 0 Å². The molecule has 0 aromatic carbocycles. The maximum absolute atomic E-state index is 11.0. The van der Waals surface area contributed by atoms with Crippen LogP contribution in [0.1, 0.15) is 25.7 Å². The van der Waals surface area contributed by atoms with Crippen LogP contribution in [-0.4, -0.2) is 46.0 Å². The van der Waals surface area contributed by atoms with Gasteiger partial charge in [-0.25, -0.2) is 0 Å². The fraction of sp³-hybridized carbons (Fsp3) is 0.800. The lowest BCUT2D eigenvalue weighted by molar-refractivity contribution is -0.115. The monoisotopic (exact) mass is 228 g/mol. The number of carbonyl (C=O) groups excluding carboxylic acids is 1. The van der Waals surface area contributed by atoms with Gasteiger partial charge in [0, 0.05) is 7.05 Å². The zero-order chi connectivity index (χ0) is 10.8. The molecule has 0 saturated heterocycles. The van der Waals surface area contributed by atoms with Crippen LogP contribution in [0.15, 0.2) is 4.99 Å². The molecule has 0 aromatic heterocycles. The van der Waals surface area contributed by atoms with Gasteiger partial charge in [-0.2, -0.15) is 4.99 Å². The van der Waals surface area contributed by atoms with Crippen molar-refractivity contribution < 1.29 is 9.90 Å². The number of amidine groups is 1. The Morgan fingerprint density at radius 3 is 2.80 bits per heavy atom. The van der Waals surface area contributed by atoms with Gasteiger partial charge >= 0.3 is 0 Å². The summed E-state index contributed by atoms with van der Waals surface area (Å²) in [4.78, 5) is 16.9. The van der Waals surface area contributed by atoms with Crippen molar-refractivity contribution in [1.29, 1.82) is 0 Å². The number of hydrogen-bond acceptors (Lipinski definition) is 4. The smallest absolute Gasteiger partial charge is 0.258 e. The van der Waals surface area contributed by atoms with E-state index >= 15 is 0 Å². The van der Waals surface area contributed by atoms with E-state index < -0.39 is 0 Å². The molecule has 1 N–H and O–H groups in total. The van der Waals surface area contributed by atoms with E-state index in [2.05, 4.69) is 4.99 Å². The molecule has 1 heterocycles. The van der Waals surface area contributed by atoms with Crippen LogP contribution in [0.3, 0.4) is 0 Å². The number of thioether (sulfide) groups is 1. The van der Waals surface area contributed by atoms with E-state index in [9.17, 15) is 9.90 Å². The van der Waals surface area contributed by atoms with Gasteiger partial charge < -0.3 is 10.0 Å². The lowest BCUT2D eigenvalue weighted by atomic mass is 9.92. The summed E-state index contributed by atoms with van der Waals surface area (Å²) in [5, 5.41) is 10.6. The average molecular weight is 228 g/mol. The Morgan fingerprint density at radius 2 is 2.20 bits per heavy atom. The Labute approximate surface area is 93.7 Å². The number of aliphatic imine (C=N–C) groups is 1. The lowest BCUT2D eigenvalue weighted by Crippen LogP contribution is -2.45. The summed E-state index contributed by atoms with van der Waals surface area (Å²) in [6.07, 6.45) is 3.83. The van der Waals surface area contributed by atoms with E-state index in [0.29, 0.717) is 5.75 Å². The molecule has 1 saturated carbocycles. The first kappa shape index (κ1) is 11.0. The molecule has 2 aliphatic rings. The van der Waals surface area contributed by atoms with Crippen molar-refractivity contribution in [3.63, 3.8) is 0 Å². The zero-order valence-electron chi connectivity index (χ0n) is 8.85. The van der Waals surface area contributed by atoms with Crippen molar-refractivity contribution >= 4 is 22.8 Å². The van der Waals surface area contributed by atoms with Crippen LogP contribution in [0, 0.1) is 0 Å². The molecule has 2 rings (SSSR count). The molecular weight excluding hydrogens is 212 g/mol. The normalized spacial score (nSPS) is 31.6. The summed E-state index contributed by atoms with van der Waals surface area (Å²) >= 11 is 1.47. The van der Waals surface area contributed by atoms with Gasteiger partial charge in [0.15, 0.2) is 5.17 Å². The Hall–Kier alpha value is -0.550. The van der Waals surface area contributed by atoms with Crippen molar-refractivity contribution in [3.8, 4) is 0 Å². The third-order valence-corrected chi connectivity index (χ3v) is 4.07. The number of likely N-dealkylation sites (N-methyl/N-ethyl adjacent to an activating group) is 1. The second-order valence-electron chi connectivity index (χ2n) is 4.11. The summed E-state index contributed by atoms with van der Waals surface area (Å²) in [5.74, 6) is 0.384. The van der Waals surface area contributed by atoms with Gasteiger partial charge in [0.05, 0.1) is 17.9 Å². The predicted molar refractivity (Wildman–Crippen MR) is 60.9 cm³/mol. The number of amides is 1. The summed E-state index contributed by atoms with van der Waals surface area (Å²) in [6.45, 7) is 0. The average Bonchev–Trinajstić information content (AvgIpc) is 2.65. The maximum atomic E-state index is 11.0. The Balaban J connectivity index is 2.03. The Bertz CT molecular complexity index is 293. The molecule has 5 heteroatoms. The maximum Gasteiger partial charge on any atom is 0.258 e. The van der Waals surface area contributed by atoms with Crippen LogP contribution >= 0.6 is 11.8 Å². The van der Waals surface area contributed by atoms with E-state index in [1.165, 1.54) is 11.8 Å². The van der Waals surface area contributed by atoms with Gasteiger partial charge in [0.25, 0.3) is 5.91 Å². The number of hydrogen-bond donors (Lipinski definition) is 1. The first-order valence-corrected chi connectivity index (χ1v) is 6.32. The van der Waals surface area contributed by atoms with E-state index in [1.54, 1.807) is 0 Å². The minimum atomic E-state index is -0.275. The molecule has 15 heavy (non-hydrogen) atoms. The van der Waals surface area contributed by atoms with Crippen molar-refractivity contribution in [2.24, 2.45) is 4.99 Å². The molecule has 2 unspecified atom stereocenters. The van der Waals surface area contributed by atoms with E-state index in [1.807, 2.05) is 11.9 Å². The minimum absolute atomic E-state index is 0.0628. The highest BCUT2D eigenvalue weighted by molar-refractivity contribution is 8.14. The van der Waals surface area contributed by atoms with Gasteiger partial charge in [0.2, 0.25) is 0 Å². The zero-order valence-corrected chi connectivity index (χ0v) is 9.66.